The molecular weight excluding hydrogens is 415 g/mol. The summed E-state index contributed by atoms with van der Waals surface area (Å²) in [7, 11) is -2.34. The van der Waals surface area contributed by atoms with Gasteiger partial charge in [0.15, 0.2) is 9.84 Å². The maximum atomic E-state index is 13.2. The SMILES string of the molecule is Cc1c(C(=O)NCC(c2ccccc2)S(=O)(=O)c2ccc(F)cc2)sc(=O)n1C. The Morgan fingerprint density at radius 2 is 1.76 bits per heavy atom. The maximum absolute atomic E-state index is 13.2. The number of carbonyl (C=O) groups excluding carboxylic acids is 1. The van der Waals surface area contributed by atoms with Crippen LogP contribution in [0.3, 0.4) is 0 Å². The molecule has 0 radical (unpaired) electrons. The minimum atomic E-state index is -3.91. The summed E-state index contributed by atoms with van der Waals surface area (Å²) in [5, 5.41) is 1.56. The van der Waals surface area contributed by atoms with Crippen LogP contribution in [-0.2, 0) is 16.9 Å². The molecule has 1 atom stereocenters. The zero-order valence-electron chi connectivity index (χ0n) is 15.8. The van der Waals surface area contributed by atoms with Gasteiger partial charge in [-0.2, -0.15) is 0 Å². The molecule has 9 heteroatoms. The van der Waals surface area contributed by atoms with E-state index in [1.165, 1.54) is 16.7 Å². The third-order valence-electron chi connectivity index (χ3n) is 4.64. The van der Waals surface area contributed by atoms with Crippen molar-refractivity contribution >= 4 is 27.1 Å². The molecule has 152 valence electrons. The zero-order valence-corrected chi connectivity index (χ0v) is 17.4. The maximum Gasteiger partial charge on any atom is 0.307 e. The largest absolute Gasteiger partial charge is 0.350 e. The van der Waals surface area contributed by atoms with Crippen LogP contribution in [0.5, 0.6) is 0 Å². The number of benzene rings is 2. The van der Waals surface area contributed by atoms with Crippen LogP contribution < -0.4 is 10.2 Å². The highest BCUT2D eigenvalue weighted by Gasteiger charge is 2.30. The van der Waals surface area contributed by atoms with Crippen molar-refractivity contribution in [3.8, 4) is 0 Å². The van der Waals surface area contributed by atoms with Crippen LogP contribution in [0.25, 0.3) is 0 Å². The second-order valence-corrected chi connectivity index (χ2v) is 9.54. The standard InChI is InChI=1S/C20H19FN2O4S2/c1-13-18(28-20(25)23(13)2)19(24)22-12-17(14-6-4-3-5-7-14)29(26,27)16-10-8-15(21)9-11-16/h3-11,17H,12H2,1-2H3,(H,22,24). The summed E-state index contributed by atoms with van der Waals surface area (Å²) in [6.45, 7) is 1.45. The number of sulfone groups is 1. The van der Waals surface area contributed by atoms with Gasteiger partial charge in [0.2, 0.25) is 0 Å². The van der Waals surface area contributed by atoms with E-state index in [0.717, 1.165) is 23.5 Å². The fourth-order valence-corrected chi connectivity index (χ4v) is 5.42. The molecule has 1 N–H and O–H groups in total. The fourth-order valence-electron chi connectivity index (χ4n) is 2.86. The molecule has 0 saturated heterocycles. The summed E-state index contributed by atoms with van der Waals surface area (Å²) < 4.78 is 41.0. The van der Waals surface area contributed by atoms with Crippen molar-refractivity contribution in [3.05, 3.63) is 86.2 Å². The Hall–Kier alpha value is -2.78. The molecule has 1 unspecified atom stereocenters. The van der Waals surface area contributed by atoms with Gasteiger partial charge in [-0.05, 0) is 36.8 Å². The van der Waals surface area contributed by atoms with Gasteiger partial charge in [0.1, 0.15) is 15.9 Å². The van der Waals surface area contributed by atoms with Crippen LogP contribution in [0.4, 0.5) is 4.39 Å². The highest BCUT2D eigenvalue weighted by molar-refractivity contribution is 7.91. The van der Waals surface area contributed by atoms with Crippen molar-refractivity contribution in [2.45, 2.75) is 17.1 Å². The normalized spacial score (nSPS) is 12.5. The Bertz CT molecular complexity index is 1180. The predicted molar refractivity (Wildman–Crippen MR) is 109 cm³/mol. The van der Waals surface area contributed by atoms with Crippen molar-refractivity contribution in [1.29, 1.82) is 0 Å². The van der Waals surface area contributed by atoms with E-state index in [1.807, 2.05) is 0 Å². The van der Waals surface area contributed by atoms with E-state index in [-0.39, 0.29) is 21.2 Å². The molecule has 0 aliphatic heterocycles. The summed E-state index contributed by atoms with van der Waals surface area (Å²) in [6.07, 6.45) is 0. The lowest BCUT2D eigenvalue weighted by atomic mass is 10.1. The lowest BCUT2D eigenvalue weighted by Gasteiger charge is -2.19. The molecule has 3 rings (SSSR count). The number of aromatic nitrogens is 1. The summed E-state index contributed by atoms with van der Waals surface area (Å²) in [5.74, 6) is -1.05. The Labute approximate surface area is 171 Å². The monoisotopic (exact) mass is 434 g/mol. The van der Waals surface area contributed by atoms with Crippen molar-refractivity contribution in [3.63, 3.8) is 0 Å². The van der Waals surface area contributed by atoms with Crippen LogP contribution in [0.1, 0.15) is 26.2 Å². The van der Waals surface area contributed by atoms with Crippen LogP contribution in [-0.4, -0.2) is 25.4 Å². The average molecular weight is 435 g/mol. The number of hydrogen-bond acceptors (Lipinski definition) is 5. The first kappa shape index (κ1) is 20.9. The molecule has 0 bridgehead atoms. The Morgan fingerprint density at radius 1 is 1.14 bits per heavy atom. The Kier molecular flexibility index (Phi) is 5.99. The number of rotatable bonds is 6. The van der Waals surface area contributed by atoms with Crippen molar-refractivity contribution < 1.29 is 17.6 Å². The van der Waals surface area contributed by atoms with Gasteiger partial charge in [-0.25, -0.2) is 12.8 Å². The van der Waals surface area contributed by atoms with Gasteiger partial charge in [0, 0.05) is 19.3 Å². The van der Waals surface area contributed by atoms with Gasteiger partial charge >= 0.3 is 4.87 Å². The lowest BCUT2D eigenvalue weighted by Crippen LogP contribution is -2.32. The molecule has 1 aromatic heterocycles. The first-order valence-electron chi connectivity index (χ1n) is 8.71. The number of amides is 1. The quantitative estimate of drug-likeness (QED) is 0.605. The van der Waals surface area contributed by atoms with Crippen LogP contribution in [0, 0.1) is 12.7 Å². The van der Waals surface area contributed by atoms with Gasteiger partial charge in [-0.15, -0.1) is 0 Å². The first-order chi connectivity index (χ1) is 13.7. The molecule has 3 aromatic rings. The van der Waals surface area contributed by atoms with Gasteiger partial charge in [-0.1, -0.05) is 41.7 Å². The van der Waals surface area contributed by atoms with Gasteiger partial charge in [0.05, 0.1) is 4.90 Å². The first-order valence-corrected chi connectivity index (χ1v) is 11.1. The zero-order chi connectivity index (χ0) is 21.2. The third kappa shape index (κ3) is 4.30. The molecule has 1 amide bonds. The molecule has 2 aromatic carbocycles. The van der Waals surface area contributed by atoms with Crippen LogP contribution in [0.15, 0.2) is 64.3 Å². The minimum absolute atomic E-state index is 0.0393. The highest BCUT2D eigenvalue weighted by Crippen LogP contribution is 2.28. The topological polar surface area (TPSA) is 85.2 Å². The Balaban J connectivity index is 1.92. The van der Waals surface area contributed by atoms with Gasteiger partial charge in [0.25, 0.3) is 5.91 Å². The van der Waals surface area contributed by atoms with E-state index < -0.39 is 26.8 Å². The number of nitrogens with zero attached hydrogens (tertiary/aromatic N) is 1. The molecule has 0 aliphatic carbocycles. The van der Waals surface area contributed by atoms with Gasteiger partial charge < -0.3 is 9.88 Å². The second-order valence-electron chi connectivity index (χ2n) is 6.45. The fraction of sp³-hybridized carbons (Fsp3) is 0.200. The summed E-state index contributed by atoms with van der Waals surface area (Å²) in [5.41, 5.74) is 1.00. The molecule has 0 fully saturated rings. The summed E-state index contributed by atoms with van der Waals surface area (Å²) >= 11 is 0.806. The molecule has 1 heterocycles. The predicted octanol–water partition coefficient (Wildman–Crippen LogP) is 2.84. The van der Waals surface area contributed by atoms with E-state index in [2.05, 4.69) is 5.32 Å². The van der Waals surface area contributed by atoms with Crippen LogP contribution in [0.2, 0.25) is 0 Å². The molecule has 0 spiro atoms. The summed E-state index contributed by atoms with van der Waals surface area (Å²) in [4.78, 5) is 24.3. The van der Waals surface area contributed by atoms with Crippen molar-refractivity contribution in [1.82, 2.24) is 9.88 Å². The highest BCUT2D eigenvalue weighted by atomic mass is 32.2. The molecule has 29 heavy (non-hydrogen) atoms. The minimum Gasteiger partial charge on any atom is -0.350 e. The Morgan fingerprint density at radius 3 is 2.31 bits per heavy atom. The van der Waals surface area contributed by atoms with Crippen LogP contribution >= 0.6 is 11.3 Å². The number of nitrogens with one attached hydrogen (secondary N) is 1. The molecule has 6 nitrogen and oxygen atoms in total. The number of carbonyl (C=O) groups is 1. The van der Waals surface area contributed by atoms with Crippen molar-refractivity contribution in [2.24, 2.45) is 7.05 Å². The number of halogens is 1. The van der Waals surface area contributed by atoms with Gasteiger partial charge in [-0.3, -0.25) is 9.59 Å². The lowest BCUT2D eigenvalue weighted by molar-refractivity contribution is 0.0956. The molecule has 0 saturated carbocycles. The number of thiazole rings is 1. The molecule has 0 aliphatic rings. The second kappa shape index (κ2) is 8.30. The van der Waals surface area contributed by atoms with E-state index in [4.69, 9.17) is 0 Å². The third-order valence-corrected chi connectivity index (χ3v) is 7.89. The van der Waals surface area contributed by atoms with E-state index in [1.54, 1.807) is 44.3 Å². The number of hydrogen-bond donors (Lipinski definition) is 1. The average Bonchev–Trinajstić information content (AvgIpc) is 2.96. The van der Waals surface area contributed by atoms with Crippen molar-refractivity contribution in [2.75, 3.05) is 6.54 Å². The van der Waals surface area contributed by atoms with E-state index in [0.29, 0.717) is 11.3 Å². The smallest absolute Gasteiger partial charge is 0.307 e. The van der Waals surface area contributed by atoms with E-state index in [9.17, 15) is 22.4 Å². The summed E-state index contributed by atoms with van der Waals surface area (Å²) in [6, 6.07) is 13.1. The van der Waals surface area contributed by atoms with E-state index >= 15 is 0 Å². The molecular formula is C20H19FN2O4S2.